The molecule has 7 nitrogen and oxygen atoms in total. The van der Waals surface area contributed by atoms with Crippen LogP contribution in [0.3, 0.4) is 0 Å². The minimum Gasteiger partial charge on any atom is -0.468 e. The predicted molar refractivity (Wildman–Crippen MR) is 90.6 cm³/mol. The number of urea groups is 1. The molecule has 24 heavy (non-hydrogen) atoms. The average Bonchev–Trinajstić information content (AvgIpc) is 3.30. The first-order valence-corrected chi connectivity index (χ1v) is 8.49. The fourth-order valence-electron chi connectivity index (χ4n) is 3.12. The van der Waals surface area contributed by atoms with E-state index in [2.05, 4.69) is 20.6 Å². The van der Waals surface area contributed by atoms with Crippen molar-refractivity contribution in [2.24, 2.45) is 7.05 Å². The van der Waals surface area contributed by atoms with Gasteiger partial charge in [-0.2, -0.15) is 5.10 Å². The molecule has 1 fully saturated rings. The number of aryl methyl sites for hydroxylation is 1. The molecular formula is C17H25N5O2. The summed E-state index contributed by atoms with van der Waals surface area (Å²) < 4.78 is 7.32. The van der Waals surface area contributed by atoms with Gasteiger partial charge in [-0.3, -0.25) is 9.58 Å². The van der Waals surface area contributed by atoms with Crippen molar-refractivity contribution in [1.29, 1.82) is 0 Å². The van der Waals surface area contributed by atoms with E-state index < -0.39 is 0 Å². The minimum absolute atomic E-state index is 0.103. The second kappa shape index (κ2) is 8.01. The molecule has 0 saturated carbocycles. The zero-order valence-corrected chi connectivity index (χ0v) is 14.1. The van der Waals surface area contributed by atoms with E-state index in [1.54, 1.807) is 10.9 Å². The lowest BCUT2D eigenvalue weighted by atomic mass is 10.2. The minimum atomic E-state index is -0.144. The first-order chi connectivity index (χ1) is 11.7. The van der Waals surface area contributed by atoms with Crippen molar-refractivity contribution in [3.63, 3.8) is 0 Å². The largest absolute Gasteiger partial charge is 0.468 e. The van der Waals surface area contributed by atoms with Crippen LogP contribution in [-0.4, -0.2) is 46.9 Å². The highest BCUT2D eigenvalue weighted by Crippen LogP contribution is 2.24. The molecule has 2 N–H and O–H groups in total. The zero-order valence-electron chi connectivity index (χ0n) is 14.1. The van der Waals surface area contributed by atoms with Crippen LogP contribution in [0.25, 0.3) is 0 Å². The van der Waals surface area contributed by atoms with Crippen LogP contribution in [0, 0.1) is 0 Å². The quantitative estimate of drug-likeness (QED) is 0.810. The van der Waals surface area contributed by atoms with Gasteiger partial charge in [-0.25, -0.2) is 4.79 Å². The van der Waals surface area contributed by atoms with Crippen LogP contribution in [-0.2, 0) is 13.5 Å². The molecule has 7 heteroatoms. The summed E-state index contributed by atoms with van der Waals surface area (Å²) in [5.74, 6) is 0.910. The lowest BCUT2D eigenvalue weighted by molar-refractivity contribution is 0.203. The summed E-state index contributed by atoms with van der Waals surface area (Å²) in [6.45, 7) is 3.24. The number of furan rings is 1. The number of nitrogens with zero attached hydrogens (tertiary/aromatic N) is 3. The molecule has 0 aromatic carbocycles. The lowest BCUT2D eigenvalue weighted by Crippen LogP contribution is -2.42. The van der Waals surface area contributed by atoms with E-state index in [4.69, 9.17) is 4.42 Å². The molecule has 1 atom stereocenters. The van der Waals surface area contributed by atoms with E-state index >= 15 is 0 Å². The highest BCUT2D eigenvalue weighted by atomic mass is 16.3. The molecule has 130 valence electrons. The molecule has 2 amide bonds. The maximum Gasteiger partial charge on any atom is 0.314 e. The van der Waals surface area contributed by atoms with Gasteiger partial charge in [0, 0.05) is 26.3 Å². The Kier molecular flexibility index (Phi) is 5.53. The molecule has 1 aliphatic heterocycles. The Balaban J connectivity index is 1.44. The van der Waals surface area contributed by atoms with Gasteiger partial charge in [0.15, 0.2) is 0 Å². The molecule has 2 aromatic rings. The summed E-state index contributed by atoms with van der Waals surface area (Å²) in [4.78, 5) is 14.4. The lowest BCUT2D eigenvalue weighted by Gasteiger charge is -2.26. The van der Waals surface area contributed by atoms with Gasteiger partial charge in [-0.1, -0.05) is 0 Å². The third-order valence-electron chi connectivity index (χ3n) is 4.37. The smallest absolute Gasteiger partial charge is 0.314 e. The fourth-order valence-corrected chi connectivity index (χ4v) is 3.12. The Labute approximate surface area is 142 Å². The van der Waals surface area contributed by atoms with Gasteiger partial charge < -0.3 is 15.1 Å². The van der Waals surface area contributed by atoms with Gasteiger partial charge >= 0.3 is 6.03 Å². The second-order valence-corrected chi connectivity index (χ2v) is 6.18. The molecule has 0 spiro atoms. The summed E-state index contributed by atoms with van der Waals surface area (Å²) >= 11 is 0. The Morgan fingerprint density at radius 2 is 2.21 bits per heavy atom. The van der Waals surface area contributed by atoms with E-state index in [9.17, 15) is 4.79 Å². The molecule has 3 rings (SSSR count). The van der Waals surface area contributed by atoms with Gasteiger partial charge in [0.25, 0.3) is 0 Å². The van der Waals surface area contributed by atoms with E-state index in [0.717, 1.165) is 30.8 Å². The third kappa shape index (κ3) is 4.38. The summed E-state index contributed by atoms with van der Waals surface area (Å²) in [5.41, 5.74) is 1.11. The SMILES string of the molecule is Cn1cc(CCNC(=O)NC[C@@H](c2ccco2)N2CCCC2)cn1. The summed E-state index contributed by atoms with van der Waals surface area (Å²) in [5, 5.41) is 9.98. The molecule has 1 aliphatic rings. The van der Waals surface area contributed by atoms with Crippen molar-refractivity contribution in [3.05, 3.63) is 42.1 Å². The van der Waals surface area contributed by atoms with Crippen LogP contribution in [0.5, 0.6) is 0 Å². The highest BCUT2D eigenvalue weighted by Gasteiger charge is 2.25. The number of carbonyl (C=O) groups excluding carboxylic acids is 1. The number of amides is 2. The summed E-state index contributed by atoms with van der Waals surface area (Å²) in [6.07, 6.45) is 8.64. The zero-order chi connectivity index (χ0) is 16.8. The Hall–Kier alpha value is -2.28. The molecule has 2 aromatic heterocycles. The Morgan fingerprint density at radius 3 is 2.88 bits per heavy atom. The van der Waals surface area contributed by atoms with Crippen molar-refractivity contribution in [1.82, 2.24) is 25.3 Å². The van der Waals surface area contributed by atoms with Crippen LogP contribution >= 0.6 is 0 Å². The van der Waals surface area contributed by atoms with Crippen molar-refractivity contribution in [2.45, 2.75) is 25.3 Å². The topological polar surface area (TPSA) is 75.3 Å². The fraction of sp³-hybridized carbons (Fsp3) is 0.529. The molecular weight excluding hydrogens is 306 g/mol. The number of rotatable bonds is 7. The van der Waals surface area contributed by atoms with E-state index in [-0.39, 0.29) is 12.1 Å². The standard InChI is InChI=1S/C17H25N5O2/c1-21-13-14(11-20-21)6-7-18-17(23)19-12-15(16-5-4-10-24-16)22-8-2-3-9-22/h4-5,10-11,13,15H,2-3,6-9,12H2,1H3,(H2,18,19,23)/t15-/m0/s1. The monoisotopic (exact) mass is 331 g/mol. The predicted octanol–water partition coefficient (Wildman–Crippen LogP) is 1.69. The van der Waals surface area contributed by atoms with Gasteiger partial charge in [0.05, 0.1) is 18.5 Å². The maximum atomic E-state index is 12.0. The van der Waals surface area contributed by atoms with Gasteiger partial charge in [0.2, 0.25) is 0 Å². The molecule has 1 saturated heterocycles. The summed E-state index contributed by atoms with van der Waals surface area (Å²) in [6, 6.07) is 3.83. The van der Waals surface area contributed by atoms with Crippen LogP contribution in [0.2, 0.25) is 0 Å². The third-order valence-corrected chi connectivity index (χ3v) is 4.37. The average molecular weight is 331 g/mol. The van der Waals surface area contributed by atoms with Crippen molar-refractivity contribution in [2.75, 3.05) is 26.2 Å². The van der Waals surface area contributed by atoms with E-state index in [0.29, 0.717) is 13.1 Å². The molecule has 0 radical (unpaired) electrons. The van der Waals surface area contributed by atoms with E-state index in [1.807, 2.05) is 31.6 Å². The first kappa shape index (κ1) is 16.6. The number of hydrogen-bond donors (Lipinski definition) is 2. The first-order valence-electron chi connectivity index (χ1n) is 8.49. The molecule has 3 heterocycles. The Bertz CT molecular complexity index is 631. The normalized spacial score (nSPS) is 16.2. The number of nitrogens with one attached hydrogen (secondary N) is 2. The van der Waals surface area contributed by atoms with Crippen LogP contribution in [0.15, 0.2) is 35.2 Å². The van der Waals surface area contributed by atoms with Gasteiger partial charge in [-0.15, -0.1) is 0 Å². The number of carbonyl (C=O) groups is 1. The van der Waals surface area contributed by atoms with E-state index in [1.165, 1.54) is 12.8 Å². The Morgan fingerprint density at radius 1 is 1.38 bits per heavy atom. The van der Waals surface area contributed by atoms with Crippen molar-refractivity contribution >= 4 is 6.03 Å². The number of likely N-dealkylation sites (tertiary alicyclic amines) is 1. The number of aromatic nitrogens is 2. The van der Waals surface area contributed by atoms with Crippen molar-refractivity contribution in [3.8, 4) is 0 Å². The molecule has 0 bridgehead atoms. The molecule has 0 aliphatic carbocycles. The van der Waals surface area contributed by atoms with Crippen LogP contribution in [0.4, 0.5) is 4.79 Å². The van der Waals surface area contributed by atoms with Crippen LogP contribution < -0.4 is 10.6 Å². The highest BCUT2D eigenvalue weighted by molar-refractivity contribution is 5.73. The van der Waals surface area contributed by atoms with Gasteiger partial charge in [-0.05, 0) is 50.0 Å². The maximum absolute atomic E-state index is 12.0. The van der Waals surface area contributed by atoms with Crippen LogP contribution in [0.1, 0.15) is 30.2 Å². The number of hydrogen-bond acceptors (Lipinski definition) is 4. The second-order valence-electron chi connectivity index (χ2n) is 6.18. The molecule has 0 unspecified atom stereocenters. The summed E-state index contributed by atoms with van der Waals surface area (Å²) in [7, 11) is 1.89. The van der Waals surface area contributed by atoms with Gasteiger partial charge in [0.1, 0.15) is 5.76 Å². The van der Waals surface area contributed by atoms with Crippen molar-refractivity contribution < 1.29 is 9.21 Å².